The van der Waals surface area contributed by atoms with E-state index in [0.717, 1.165) is 21.1 Å². The lowest BCUT2D eigenvalue weighted by Gasteiger charge is -2.11. The number of carbonyl (C=O) groups is 3. The third kappa shape index (κ3) is 4.84. The molecule has 9 heteroatoms. The molecule has 0 aromatic heterocycles. The summed E-state index contributed by atoms with van der Waals surface area (Å²) in [6, 6.07) is 6.95. The summed E-state index contributed by atoms with van der Waals surface area (Å²) >= 11 is 4.05. The molecule has 0 spiro atoms. The fourth-order valence-electron chi connectivity index (χ4n) is 1.99. The topological polar surface area (TPSA) is 96.7 Å². The molecule has 0 aliphatic carbocycles. The van der Waals surface area contributed by atoms with Crippen molar-refractivity contribution < 1.29 is 23.9 Å². The SMILES string of the molecule is CCOC(=O)CN1C(=O)S/C(=C\c2cc(Br)ccc2OCC#N)C1=O. The van der Waals surface area contributed by atoms with E-state index in [4.69, 9.17) is 14.7 Å². The standard InChI is InChI=1S/C16H13BrN2O5S/c1-2-23-14(20)9-19-15(21)13(25-16(19)22)8-10-7-11(17)3-4-12(10)24-6-5-18/h3-4,7-8H,2,6,9H2,1H3/b13-8-. The predicted molar refractivity (Wildman–Crippen MR) is 94.6 cm³/mol. The van der Waals surface area contributed by atoms with Gasteiger partial charge < -0.3 is 9.47 Å². The Hall–Kier alpha value is -2.31. The third-order valence-corrected chi connectivity index (χ3v) is 4.42. The zero-order valence-electron chi connectivity index (χ0n) is 13.2. The summed E-state index contributed by atoms with van der Waals surface area (Å²) in [5.41, 5.74) is 0.534. The maximum atomic E-state index is 12.4. The Kier molecular flexibility index (Phi) is 6.61. The first-order chi connectivity index (χ1) is 12.0. The number of halogens is 1. The highest BCUT2D eigenvalue weighted by Crippen LogP contribution is 2.34. The average molecular weight is 425 g/mol. The molecule has 0 N–H and O–H groups in total. The molecule has 130 valence electrons. The fraction of sp³-hybridized carbons (Fsp3) is 0.250. The van der Waals surface area contributed by atoms with E-state index in [-0.39, 0.29) is 18.1 Å². The van der Waals surface area contributed by atoms with Crippen molar-refractivity contribution in [2.45, 2.75) is 6.92 Å². The fourth-order valence-corrected chi connectivity index (χ4v) is 3.19. The summed E-state index contributed by atoms with van der Waals surface area (Å²) in [7, 11) is 0. The zero-order chi connectivity index (χ0) is 18.4. The first kappa shape index (κ1) is 19.0. The highest BCUT2D eigenvalue weighted by molar-refractivity contribution is 9.10. The van der Waals surface area contributed by atoms with Gasteiger partial charge in [-0.2, -0.15) is 5.26 Å². The second-order valence-electron chi connectivity index (χ2n) is 4.70. The van der Waals surface area contributed by atoms with Crippen molar-refractivity contribution in [3.63, 3.8) is 0 Å². The van der Waals surface area contributed by atoms with Crippen molar-refractivity contribution >= 4 is 50.9 Å². The predicted octanol–water partition coefficient (Wildman–Crippen LogP) is 2.95. The average Bonchev–Trinajstić information content (AvgIpc) is 2.82. The van der Waals surface area contributed by atoms with Gasteiger partial charge in [0.05, 0.1) is 11.5 Å². The number of imide groups is 1. The van der Waals surface area contributed by atoms with E-state index in [0.29, 0.717) is 11.3 Å². The number of rotatable bonds is 6. The molecule has 2 amide bonds. The number of nitrogens with zero attached hydrogens (tertiary/aromatic N) is 2. The Balaban J connectivity index is 2.26. The van der Waals surface area contributed by atoms with Crippen LogP contribution in [0, 0.1) is 11.3 Å². The van der Waals surface area contributed by atoms with Gasteiger partial charge in [0.1, 0.15) is 18.4 Å². The van der Waals surface area contributed by atoms with Gasteiger partial charge in [0.15, 0.2) is 6.61 Å². The number of carbonyl (C=O) groups excluding carboxylic acids is 3. The van der Waals surface area contributed by atoms with Crippen LogP contribution < -0.4 is 4.74 Å². The molecule has 0 saturated carbocycles. The van der Waals surface area contributed by atoms with Gasteiger partial charge in [-0.1, -0.05) is 15.9 Å². The molecular formula is C16H13BrN2O5S. The molecule has 0 bridgehead atoms. The summed E-state index contributed by atoms with van der Waals surface area (Å²) in [6.45, 7) is 1.24. The first-order valence-electron chi connectivity index (χ1n) is 7.16. The molecular weight excluding hydrogens is 412 g/mol. The van der Waals surface area contributed by atoms with Crippen LogP contribution in [0.1, 0.15) is 12.5 Å². The zero-order valence-corrected chi connectivity index (χ0v) is 15.6. The number of thioether (sulfide) groups is 1. The van der Waals surface area contributed by atoms with Crippen molar-refractivity contribution in [3.05, 3.63) is 33.1 Å². The Morgan fingerprint density at radius 3 is 2.88 bits per heavy atom. The maximum Gasteiger partial charge on any atom is 0.326 e. The van der Waals surface area contributed by atoms with Gasteiger partial charge in [-0.05, 0) is 43.0 Å². The molecule has 7 nitrogen and oxygen atoms in total. The minimum absolute atomic E-state index is 0.146. The van der Waals surface area contributed by atoms with Crippen molar-refractivity contribution in [1.82, 2.24) is 4.90 Å². The summed E-state index contributed by atoms with van der Waals surface area (Å²) in [5.74, 6) is -0.817. The third-order valence-electron chi connectivity index (χ3n) is 3.02. The minimum atomic E-state index is -0.647. The number of esters is 1. The quantitative estimate of drug-likeness (QED) is 0.511. The smallest absolute Gasteiger partial charge is 0.326 e. The van der Waals surface area contributed by atoms with E-state index < -0.39 is 23.7 Å². The first-order valence-corrected chi connectivity index (χ1v) is 8.77. The summed E-state index contributed by atoms with van der Waals surface area (Å²) in [4.78, 5) is 36.9. The molecule has 0 unspecified atom stereocenters. The van der Waals surface area contributed by atoms with Gasteiger partial charge in [-0.15, -0.1) is 0 Å². The monoisotopic (exact) mass is 424 g/mol. The van der Waals surface area contributed by atoms with Gasteiger partial charge in [0.2, 0.25) is 0 Å². The molecule has 2 rings (SSSR count). The van der Waals surface area contributed by atoms with Gasteiger partial charge in [-0.25, -0.2) is 0 Å². The minimum Gasteiger partial charge on any atom is -0.478 e. The van der Waals surface area contributed by atoms with Crippen molar-refractivity contribution in [3.8, 4) is 11.8 Å². The van der Waals surface area contributed by atoms with Crippen LogP contribution in [-0.2, 0) is 14.3 Å². The summed E-state index contributed by atoms with van der Waals surface area (Å²) < 4.78 is 10.8. The molecule has 1 aromatic rings. The second kappa shape index (κ2) is 8.69. The van der Waals surface area contributed by atoms with Crippen LogP contribution in [0.25, 0.3) is 6.08 Å². The summed E-state index contributed by atoms with van der Waals surface area (Å²) in [6.07, 6.45) is 1.49. The second-order valence-corrected chi connectivity index (χ2v) is 6.61. The lowest BCUT2D eigenvalue weighted by molar-refractivity contribution is -0.145. The van der Waals surface area contributed by atoms with Crippen LogP contribution in [0.3, 0.4) is 0 Å². The highest BCUT2D eigenvalue weighted by Gasteiger charge is 2.36. The number of amides is 2. The molecule has 1 aromatic carbocycles. The van der Waals surface area contributed by atoms with E-state index in [1.54, 1.807) is 25.1 Å². The van der Waals surface area contributed by atoms with Crippen LogP contribution in [0.5, 0.6) is 5.75 Å². The van der Waals surface area contributed by atoms with E-state index >= 15 is 0 Å². The molecule has 25 heavy (non-hydrogen) atoms. The van der Waals surface area contributed by atoms with Crippen LogP contribution in [-0.4, -0.2) is 41.8 Å². The van der Waals surface area contributed by atoms with Gasteiger partial charge >= 0.3 is 5.97 Å². The molecule has 1 aliphatic rings. The molecule has 1 aliphatic heterocycles. The molecule has 1 fully saturated rings. The van der Waals surface area contributed by atoms with E-state index in [1.807, 2.05) is 6.07 Å². The molecule has 1 saturated heterocycles. The number of hydrogen-bond donors (Lipinski definition) is 0. The van der Waals surface area contributed by atoms with Crippen LogP contribution in [0.4, 0.5) is 4.79 Å². The number of benzene rings is 1. The van der Waals surface area contributed by atoms with Gasteiger partial charge in [-0.3, -0.25) is 19.3 Å². The number of hydrogen-bond acceptors (Lipinski definition) is 7. The lowest BCUT2D eigenvalue weighted by atomic mass is 10.2. The van der Waals surface area contributed by atoms with E-state index in [9.17, 15) is 14.4 Å². The molecule has 0 radical (unpaired) electrons. The largest absolute Gasteiger partial charge is 0.478 e. The van der Waals surface area contributed by atoms with Crippen LogP contribution >= 0.6 is 27.7 Å². The Morgan fingerprint density at radius 1 is 1.44 bits per heavy atom. The van der Waals surface area contributed by atoms with Crippen molar-refractivity contribution in [1.29, 1.82) is 5.26 Å². The molecule has 1 heterocycles. The number of nitriles is 1. The van der Waals surface area contributed by atoms with Crippen molar-refractivity contribution in [2.75, 3.05) is 19.8 Å². The van der Waals surface area contributed by atoms with Gasteiger partial charge in [0.25, 0.3) is 11.1 Å². The molecule has 0 atom stereocenters. The van der Waals surface area contributed by atoms with Crippen LogP contribution in [0.2, 0.25) is 0 Å². The van der Waals surface area contributed by atoms with Crippen LogP contribution in [0.15, 0.2) is 27.6 Å². The highest BCUT2D eigenvalue weighted by atomic mass is 79.9. The van der Waals surface area contributed by atoms with Crippen molar-refractivity contribution in [2.24, 2.45) is 0 Å². The Labute approximate surface area is 156 Å². The Bertz CT molecular complexity index is 787. The van der Waals surface area contributed by atoms with E-state index in [1.165, 1.54) is 6.08 Å². The summed E-state index contributed by atoms with van der Waals surface area (Å²) in [5, 5.41) is 8.10. The normalized spacial score (nSPS) is 15.4. The maximum absolute atomic E-state index is 12.4. The van der Waals surface area contributed by atoms with E-state index in [2.05, 4.69) is 15.9 Å². The lowest BCUT2D eigenvalue weighted by Crippen LogP contribution is -2.34. The Morgan fingerprint density at radius 2 is 2.20 bits per heavy atom. The van der Waals surface area contributed by atoms with Gasteiger partial charge in [0, 0.05) is 10.0 Å². The number of ether oxygens (including phenoxy) is 2.